The maximum Gasteiger partial charge on any atom is 0.217 e. The summed E-state index contributed by atoms with van der Waals surface area (Å²) >= 11 is 0. The Morgan fingerprint density at radius 2 is 2.24 bits per heavy atom. The third-order valence-corrected chi connectivity index (χ3v) is 2.76. The Kier molecular flexibility index (Phi) is 5.54. The molecule has 1 aliphatic heterocycles. The Bertz CT molecular complexity index is 271. The van der Waals surface area contributed by atoms with E-state index >= 15 is 0 Å². The molecule has 0 aliphatic carbocycles. The van der Waals surface area contributed by atoms with Crippen LogP contribution in [0, 0.1) is 0 Å². The van der Waals surface area contributed by atoms with Gasteiger partial charge in [-0.3, -0.25) is 4.79 Å². The fourth-order valence-electron chi connectivity index (χ4n) is 2.04. The Balaban J connectivity index is 2.73. The van der Waals surface area contributed by atoms with Crippen molar-refractivity contribution in [3.05, 3.63) is 0 Å². The van der Waals surface area contributed by atoms with Crippen LogP contribution in [0.25, 0.3) is 0 Å². The summed E-state index contributed by atoms with van der Waals surface area (Å²) in [7, 11) is 3.12. The van der Waals surface area contributed by atoms with Gasteiger partial charge in [-0.1, -0.05) is 0 Å². The predicted octanol–water partition coefficient (Wildman–Crippen LogP) is -0.491. The van der Waals surface area contributed by atoms with Crippen molar-refractivity contribution < 1.29 is 23.8 Å². The van der Waals surface area contributed by atoms with Gasteiger partial charge in [0.25, 0.3) is 0 Å². The van der Waals surface area contributed by atoms with Crippen molar-refractivity contribution in [2.24, 2.45) is 0 Å². The maximum atomic E-state index is 11.1. The lowest BCUT2D eigenvalue weighted by Crippen LogP contribution is -2.58. The van der Waals surface area contributed by atoms with Gasteiger partial charge in [0, 0.05) is 27.6 Å². The largest absolute Gasteiger partial charge is 0.382 e. The summed E-state index contributed by atoms with van der Waals surface area (Å²) in [4.78, 5) is 22.1. The minimum atomic E-state index is -0.697. The van der Waals surface area contributed by atoms with E-state index in [-0.39, 0.29) is 18.1 Å². The topological polar surface area (TPSA) is 73.9 Å². The van der Waals surface area contributed by atoms with Gasteiger partial charge in [-0.25, -0.2) is 0 Å². The molecule has 0 aromatic heterocycles. The molecule has 98 valence electrons. The van der Waals surface area contributed by atoms with Crippen LogP contribution in [0.4, 0.5) is 0 Å². The zero-order valence-electron chi connectivity index (χ0n) is 10.3. The molecule has 0 saturated carbocycles. The lowest BCUT2D eigenvalue weighted by molar-refractivity contribution is -0.156. The first-order chi connectivity index (χ1) is 8.12. The summed E-state index contributed by atoms with van der Waals surface area (Å²) in [6.07, 6.45) is 0.138. The Labute approximate surface area is 101 Å². The minimum absolute atomic E-state index is 0.190. The SMILES string of the molecule is COCC1C[C@@H](OC)C(NC(C)=O)[C@H](C=O)O1. The van der Waals surface area contributed by atoms with Crippen molar-refractivity contribution in [1.29, 1.82) is 0 Å². The molecule has 0 aromatic carbocycles. The molecule has 1 fully saturated rings. The normalized spacial score (nSPS) is 33.1. The molecule has 0 spiro atoms. The van der Waals surface area contributed by atoms with E-state index in [0.29, 0.717) is 19.3 Å². The number of aldehydes is 1. The first-order valence-electron chi connectivity index (χ1n) is 5.52. The van der Waals surface area contributed by atoms with Gasteiger partial charge in [0.05, 0.1) is 24.9 Å². The summed E-state index contributed by atoms with van der Waals surface area (Å²) in [5.74, 6) is -0.210. The second-order valence-corrected chi connectivity index (χ2v) is 4.05. The van der Waals surface area contributed by atoms with E-state index in [1.165, 1.54) is 6.92 Å². The third-order valence-electron chi connectivity index (χ3n) is 2.76. The average Bonchev–Trinajstić information content (AvgIpc) is 2.30. The van der Waals surface area contributed by atoms with Gasteiger partial charge in [0.2, 0.25) is 5.91 Å². The van der Waals surface area contributed by atoms with Crippen LogP contribution >= 0.6 is 0 Å². The van der Waals surface area contributed by atoms with E-state index in [1.807, 2.05) is 0 Å². The van der Waals surface area contributed by atoms with E-state index in [0.717, 1.165) is 0 Å². The first kappa shape index (κ1) is 14.1. The van der Waals surface area contributed by atoms with E-state index in [1.54, 1.807) is 14.2 Å². The van der Waals surface area contributed by atoms with Gasteiger partial charge in [-0.2, -0.15) is 0 Å². The molecule has 4 atom stereocenters. The molecular weight excluding hydrogens is 226 g/mol. The monoisotopic (exact) mass is 245 g/mol. The van der Waals surface area contributed by atoms with E-state index < -0.39 is 12.1 Å². The number of ether oxygens (including phenoxy) is 3. The van der Waals surface area contributed by atoms with Crippen LogP contribution in [-0.2, 0) is 23.8 Å². The molecule has 1 rings (SSSR count). The number of hydrogen-bond acceptors (Lipinski definition) is 5. The third kappa shape index (κ3) is 3.76. The fourth-order valence-corrected chi connectivity index (χ4v) is 2.04. The molecule has 0 aromatic rings. The Hall–Kier alpha value is -0.980. The van der Waals surface area contributed by atoms with Crippen molar-refractivity contribution in [2.75, 3.05) is 20.8 Å². The smallest absolute Gasteiger partial charge is 0.217 e. The van der Waals surface area contributed by atoms with E-state index in [9.17, 15) is 9.59 Å². The van der Waals surface area contributed by atoms with Crippen molar-refractivity contribution in [2.45, 2.75) is 37.7 Å². The van der Waals surface area contributed by atoms with Crippen LogP contribution in [0.15, 0.2) is 0 Å². The zero-order chi connectivity index (χ0) is 12.8. The number of hydrogen-bond donors (Lipinski definition) is 1. The molecule has 0 radical (unpaired) electrons. The number of nitrogens with one attached hydrogen (secondary N) is 1. The predicted molar refractivity (Wildman–Crippen MR) is 59.6 cm³/mol. The summed E-state index contributed by atoms with van der Waals surface area (Å²) in [5.41, 5.74) is 0. The molecule has 1 amide bonds. The molecule has 6 nitrogen and oxygen atoms in total. The molecule has 0 bridgehead atoms. The highest BCUT2D eigenvalue weighted by atomic mass is 16.5. The highest BCUT2D eigenvalue weighted by molar-refractivity contribution is 5.74. The molecule has 1 N–H and O–H groups in total. The second-order valence-electron chi connectivity index (χ2n) is 4.05. The maximum absolute atomic E-state index is 11.1. The Morgan fingerprint density at radius 3 is 2.71 bits per heavy atom. The molecular formula is C11H19NO5. The molecule has 2 unspecified atom stereocenters. The lowest BCUT2D eigenvalue weighted by atomic mass is 9.95. The van der Waals surface area contributed by atoms with Crippen molar-refractivity contribution in [3.63, 3.8) is 0 Å². The van der Waals surface area contributed by atoms with Crippen LogP contribution in [0.3, 0.4) is 0 Å². The highest BCUT2D eigenvalue weighted by Gasteiger charge is 2.39. The first-order valence-corrected chi connectivity index (χ1v) is 5.52. The lowest BCUT2D eigenvalue weighted by Gasteiger charge is -2.39. The standard InChI is InChI=1S/C11H19NO5/c1-7(14)12-11-9(16-3)4-8(6-15-2)17-10(11)5-13/h5,8-11H,4,6H2,1-3H3,(H,12,14)/t8?,9-,10+,11?/m1/s1. The van der Waals surface area contributed by atoms with Crippen molar-refractivity contribution >= 4 is 12.2 Å². The highest BCUT2D eigenvalue weighted by Crippen LogP contribution is 2.21. The second kappa shape index (κ2) is 6.68. The van der Waals surface area contributed by atoms with Crippen molar-refractivity contribution in [3.8, 4) is 0 Å². The number of carbonyl (C=O) groups is 2. The van der Waals surface area contributed by atoms with Crippen LogP contribution in [-0.4, -0.2) is 57.4 Å². The number of rotatable bonds is 5. The van der Waals surface area contributed by atoms with Gasteiger partial charge < -0.3 is 24.3 Å². The Morgan fingerprint density at radius 1 is 1.53 bits per heavy atom. The number of carbonyl (C=O) groups excluding carboxylic acids is 2. The quantitative estimate of drug-likeness (QED) is 0.662. The molecule has 17 heavy (non-hydrogen) atoms. The number of amides is 1. The van der Waals surface area contributed by atoms with Crippen molar-refractivity contribution in [1.82, 2.24) is 5.32 Å². The average molecular weight is 245 g/mol. The molecule has 6 heteroatoms. The summed E-state index contributed by atoms with van der Waals surface area (Å²) in [6, 6.07) is -0.442. The summed E-state index contributed by atoms with van der Waals surface area (Å²) < 4.78 is 15.8. The molecule has 1 aliphatic rings. The van der Waals surface area contributed by atoms with Crippen LogP contribution in [0.1, 0.15) is 13.3 Å². The van der Waals surface area contributed by atoms with E-state index in [4.69, 9.17) is 14.2 Å². The van der Waals surface area contributed by atoms with Crippen LogP contribution in [0.2, 0.25) is 0 Å². The molecule has 1 saturated heterocycles. The summed E-state index contributed by atoms with van der Waals surface area (Å²) in [6.45, 7) is 1.80. The van der Waals surface area contributed by atoms with Gasteiger partial charge >= 0.3 is 0 Å². The van der Waals surface area contributed by atoms with Gasteiger partial charge in [-0.15, -0.1) is 0 Å². The zero-order valence-corrected chi connectivity index (χ0v) is 10.3. The van der Waals surface area contributed by atoms with Crippen LogP contribution in [0.5, 0.6) is 0 Å². The van der Waals surface area contributed by atoms with Crippen LogP contribution < -0.4 is 5.32 Å². The molecule has 1 heterocycles. The van der Waals surface area contributed by atoms with Gasteiger partial charge in [-0.05, 0) is 0 Å². The van der Waals surface area contributed by atoms with Gasteiger partial charge in [0.1, 0.15) is 6.10 Å². The summed E-state index contributed by atoms with van der Waals surface area (Å²) in [5, 5.41) is 2.69. The van der Waals surface area contributed by atoms with E-state index in [2.05, 4.69) is 5.32 Å². The minimum Gasteiger partial charge on any atom is -0.382 e. The fraction of sp³-hybridized carbons (Fsp3) is 0.818. The van der Waals surface area contributed by atoms with Gasteiger partial charge in [0.15, 0.2) is 6.29 Å². The number of methoxy groups -OCH3 is 2.